The molecule has 9 heavy (non-hydrogen) atoms. The van der Waals surface area contributed by atoms with Crippen LogP contribution in [0.2, 0.25) is 0 Å². The summed E-state index contributed by atoms with van der Waals surface area (Å²) in [5.41, 5.74) is 0. The molecule has 1 N–H and O–H groups in total. The van der Waals surface area contributed by atoms with Crippen molar-refractivity contribution in [2.45, 2.75) is 38.3 Å². The average molecular weight is 123 g/mol. The molecule has 0 radical (unpaired) electrons. The normalized spacial score (nSPS) is 35.6. The van der Waals surface area contributed by atoms with Crippen molar-refractivity contribution in [3.8, 4) is 12.3 Å². The molecule has 0 bridgehead atoms. The van der Waals surface area contributed by atoms with Gasteiger partial charge in [-0.25, -0.2) is 0 Å². The number of piperidine rings is 1. The lowest BCUT2D eigenvalue weighted by Crippen LogP contribution is -2.39. The van der Waals surface area contributed by atoms with Crippen LogP contribution in [0, 0.1) is 12.3 Å². The molecule has 1 fully saturated rings. The third-order valence-electron chi connectivity index (χ3n) is 1.82. The van der Waals surface area contributed by atoms with E-state index in [0.717, 1.165) is 6.42 Å². The van der Waals surface area contributed by atoms with Gasteiger partial charge in [0, 0.05) is 6.04 Å². The van der Waals surface area contributed by atoms with Crippen molar-refractivity contribution in [2.75, 3.05) is 0 Å². The minimum Gasteiger partial charge on any atom is -0.301 e. The zero-order valence-corrected chi connectivity index (χ0v) is 5.85. The van der Waals surface area contributed by atoms with Crippen LogP contribution in [-0.2, 0) is 0 Å². The second-order valence-electron chi connectivity index (χ2n) is 2.72. The van der Waals surface area contributed by atoms with Crippen LogP contribution in [0.25, 0.3) is 0 Å². The molecule has 50 valence electrons. The summed E-state index contributed by atoms with van der Waals surface area (Å²) in [5.74, 6) is 2.72. The van der Waals surface area contributed by atoms with E-state index in [4.69, 9.17) is 6.42 Å². The Kier molecular flexibility index (Phi) is 2.13. The SMILES string of the molecule is C#C[C@@H]1CCC[C@H](C)N1. The van der Waals surface area contributed by atoms with E-state index in [0.29, 0.717) is 12.1 Å². The van der Waals surface area contributed by atoms with Crippen LogP contribution >= 0.6 is 0 Å². The van der Waals surface area contributed by atoms with Crippen LogP contribution in [0.3, 0.4) is 0 Å². The molecule has 0 spiro atoms. The van der Waals surface area contributed by atoms with Gasteiger partial charge < -0.3 is 5.32 Å². The monoisotopic (exact) mass is 123 g/mol. The highest BCUT2D eigenvalue weighted by molar-refractivity contribution is 5.01. The molecular weight excluding hydrogens is 110 g/mol. The van der Waals surface area contributed by atoms with E-state index in [1.165, 1.54) is 12.8 Å². The van der Waals surface area contributed by atoms with Crippen LogP contribution in [0.4, 0.5) is 0 Å². The van der Waals surface area contributed by atoms with Gasteiger partial charge in [-0.05, 0) is 26.2 Å². The van der Waals surface area contributed by atoms with Gasteiger partial charge in [0.25, 0.3) is 0 Å². The first kappa shape index (κ1) is 6.64. The average Bonchev–Trinajstić information content (AvgIpc) is 1.88. The van der Waals surface area contributed by atoms with Gasteiger partial charge in [0.1, 0.15) is 0 Å². The van der Waals surface area contributed by atoms with E-state index < -0.39 is 0 Å². The third-order valence-corrected chi connectivity index (χ3v) is 1.82. The summed E-state index contributed by atoms with van der Waals surface area (Å²) >= 11 is 0. The summed E-state index contributed by atoms with van der Waals surface area (Å²) in [6.45, 7) is 2.18. The fourth-order valence-electron chi connectivity index (χ4n) is 1.27. The first-order chi connectivity index (χ1) is 4.33. The lowest BCUT2D eigenvalue weighted by Gasteiger charge is -2.24. The Morgan fingerprint density at radius 2 is 2.33 bits per heavy atom. The summed E-state index contributed by atoms with van der Waals surface area (Å²) in [6.07, 6.45) is 8.96. The first-order valence-corrected chi connectivity index (χ1v) is 3.55. The molecule has 0 amide bonds. The second kappa shape index (κ2) is 2.89. The Labute approximate surface area is 56.8 Å². The zero-order chi connectivity index (χ0) is 6.69. The fourth-order valence-corrected chi connectivity index (χ4v) is 1.27. The van der Waals surface area contributed by atoms with Crippen LogP contribution in [0.15, 0.2) is 0 Å². The summed E-state index contributed by atoms with van der Waals surface area (Å²) in [4.78, 5) is 0. The number of hydrogen-bond donors (Lipinski definition) is 1. The molecule has 1 heteroatoms. The van der Waals surface area contributed by atoms with Crippen molar-refractivity contribution in [2.24, 2.45) is 0 Å². The van der Waals surface area contributed by atoms with Crippen LogP contribution in [-0.4, -0.2) is 12.1 Å². The van der Waals surface area contributed by atoms with Gasteiger partial charge >= 0.3 is 0 Å². The molecule has 1 nitrogen and oxygen atoms in total. The van der Waals surface area contributed by atoms with Gasteiger partial charge in [0.15, 0.2) is 0 Å². The number of hydrogen-bond acceptors (Lipinski definition) is 1. The van der Waals surface area contributed by atoms with Gasteiger partial charge in [-0.15, -0.1) is 6.42 Å². The molecule has 0 unspecified atom stereocenters. The maximum absolute atomic E-state index is 5.25. The molecular formula is C8H13N. The summed E-state index contributed by atoms with van der Waals surface area (Å²) in [5, 5.41) is 3.33. The minimum absolute atomic E-state index is 0.341. The predicted octanol–water partition coefficient (Wildman–Crippen LogP) is 1.15. The van der Waals surface area contributed by atoms with Gasteiger partial charge in [0.2, 0.25) is 0 Å². The van der Waals surface area contributed by atoms with Crippen molar-refractivity contribution in [3.05, 3.63) is 0 Å². The van der Waals surface area contributed by atoms with Crippen molar-refractivity contribution >= 4 is 0 Å². The van der Waals surface area contributed by atoms with Gasteiger partial charge in [-0.2, -0.15) is 0 Å². The van der Waals surface area contributed by atoms with E-state index >= 15 is 0 Å². The highest BCUT2D eigenvalue weighted by atomic mass is 14.9. The van der Waals surface area contributed by atoms with Crippen LogP contribution < -0.4 is 5.32 Å². The molecule has 2 atom stereocenters. The maximum Gasteiger partial charge on any atom is 0.0688 e. The van der Waals surface area contributed by atoms with E-state index in [1.54, 1.807) is 0 Å². The molecule has 0 aromatic rings. The Morgan fingerprint density at radius 3 is 2.78 bits per heavy atom. The number of terminal acetylenes is 1. The van der Waals surface area contributed by atoms with E-state index in [9.17, 15) is 0 Å². The standard InChI is InChI=1S/C8H13N/c1-3-8-6-4-5-7(2)9-8/h1,7-9H,4-6H2,2H3/t7-,8+/m0/s1. The highest BCUT2D eigenvalue weighted by Crippen LogP contribution is 2.10. The molecule has 1 rings (SSSR count). The van der Waals surface area contributed by atoms with Crippen molar-refractivity contribution in [1.29, 1.82) is 0 Å². The van der Waals surface area contributed by atoms with Crippen molar-refractivity contribution in [1.82, 2.24) is 5.32 Å². The zero-order valence-electron chi connectivity index (χ0n) is 5.85. The predicted molar refractivity (Wildman–Crippen MR) is 39.1 cm³/mol. The Balaban J connectivity index is 2.34. The topological polar surface area (TPSA) is 12.0 Å². The molecule has 0 aromatic carbocycles. The third kappa shape index (κ3) is 1.73. The van der Waals surface area contributed by atoms with Gasteiger partial charge in [-0.3, -0.25) is 0 Å². The maximum atomic E-state index is 5.25. The van der Waals surface area contributed by atoms with Crippen molar-refractivity contribution in [3.63, 3.8) is 0 Å². The molecule has 1 heterocycles. The number of nitrogens with one attached hydrogen (secondary N) is 1. The molecule has 1 saturated heterocycles. The Hall–Kier alpha value is -0.480. The van der Waals surface area contributed by atoms with E-state index in [1.807, 2.05) is 0 Å². The fraction of sp³-hybridized carbons (Fsp3) is 0.750. The van der Waals surface area contributed by atoms with Crippen LogP contribution in [0.5, 0.6) is 0 Å². The van der Waals surface area contributed by atoms with Crippen LogP contribution in [0.1, 0.15) is 26.2 Å². The Morgan fingerprint density at radius 1 is 1.56 bits per heavy atom. The lowest BCUT2D eigenvalue weighted by molar-refractivity contribution is 0.382. The largest absolute Gasteiger partial charge is 0.301 e. The summed E-state index contributed by atoms with van der Waals surface area (Å²) < 4.78 is 0. The second-order valence-corrected chi connectivity index (χ2v) is 2.72. The van der Waals surface area contributed by atoms with Crippen molar-refractivity contribution < 1.29 is 0 Å². The number of rotatable bonds is 0. The Bertz CT molecular complexity index is 123. The first-order valence-electron chi connectivity index (χ1n) is 3.55. The molecule has 1 aliphatic heterocycles. The van der Waals surface area contributed by atoms with E-state index in [2.05, 4.69) is 18.2 Å². The molecule has 0 saturated carbocycles. The quantitative estimate of drug-likeness (QED) is 0.476. The molecule has 0 aliphatic carbocycles. The smallest absolute Gasteiger partial charge is 0.0688 e. The van der Waals surface area contributed by atoms with Gasteiger partial charge in [0.05, 0.1) is 6.04 Å². The minimum atomic E-state index is 0.341. The summed E-state index contributed by atoms with van der Waals surface area (Å²) in [7, 11) is 0. The summed E-state index contributed by atoms with van der Waals surface area (Å²) in [6, 6.07) is 0.966. The molecule has 1 aliphatic rings. The van der Waals surface area contributed by atoms with E-state index in [-0.39, 0.29) is 0 Å². The highest BCUT2D eigenvalue weighted by Gasteiger charge is 2.14. The molecule has 0 aromatic heterocycles. The lowest BCUT2D eigenvalue weighted by atomic mass is 10.0. The van der Waals surface area contributed by atoms with Gasteiger partial charge in [-0.1, -0.05) is 5.92 Å².